The lowest BCUT2D eigenvalue weighted by molar-refractivity contribution is -0.142. The van der Waals surface area contributed by atoms with E-state index < -0.39 is 23.5 Å². The Kier molecular flexibility index (Phi) is 7.84. The van der Waals surface area contributed by atoms with Crippen LogP contribution in [0.3, 0.4) is 0 Å². The lowest BCUT2D eigenvalue weighted by Gasteiger charge is -2.43. The molecule has 10 heteroatoms. The van der Waals surface area contributed by atoms with Crippen LogP contribution in [0.15, 0.2) is 42.0 Å². The van der Waals surface area contributed by atoms with Crippen molar-refractivity contribution in [1.29, 1.82) is 0 Å². The molecule has 2 aliphatic rings. The summed E-state index contributed by atoms with van der Waals surface area (Å²) in [5.74, 6) is -0.676. The molecule has 1 unspecified atom stereocenters. The quantitative estimate of drug-likeness (QED) is 0.342. The normalized spacial score (nSPS) is 24.5. The van der Waals surface area contributed by atoms with Gasteiger partial charge in [0.25, 0.3) is 0 Å². The van der Waals surface area contributed by atoms with Gasteiger partial charge in [0.1, 0.15) is 0 Å². The number of esters is 1. The van der Waals surface area contributed by atoms with Crippen molar-refractivity contribution < 1.29 is 35.9 Å². The molecule has 1 fully saturated rings. The Morgan fingerprint density at radius 3 is 2.48 bits per heavy atom. The van der Waals surface area contributed by atoms with Crippen molar-refractivity contribution in [2.24, 2.45) is 11.8 Å². The molecule has 3 nitrogen and oxygen atoms in total. The second-order valence-electron chi connectivity index (χ2n) is 8.43. The van der Waals surface area contributed by atoms with Crippen LogP contribution in [0.5, 0.6) is 0 Å². The lowest BCUT2D eigenvalue weighted by Crippen LogP contribution is -2.46. The van der Waals surface area contributed by atoms with Crippen LogP contribution >= 0.6 is 11.6 Å². The average Bonchev–Trinajstić information content (AvgIpc) is 2.74. The van der Waals surface area contributed by atoms with E-state index >= 15 is 0 Å². The molecule has 0 N–H and O–H groups in total. The molecule has 0 amide bonds. The van der Waals surface area contributed by atoms with E-state index in [0.717, 1.165) is 24.3 Å². The van der Waals surface area contributed by atoms with Crippen LogP contribution < -0.4 is 0 Å². The summed E-state index contributed by atoms with van der Waals surface area (Å²) in [7, 11) is 1.29. The highest BCUT2D eigenvalue weighted by Crippen LogP contribution is 2.38. The first kappa shape index (κ1) is 25.6. The third-order valence-corrected chi connectivity index (χ3v) is 6.62. The maximum atomic E-state index is 13.2. The lowest BCUT2D eigenvalue weighted by atomic mass is 9.79. The van der Waals surface area contributed by atoms with Gasteiger partial charge >= 0.3 is 18.3 Å². The zero-order valence-corrected chi connectivity index (χ0v) is 18.6. The van der Waals surface area contributed by atoms with E-state index in [1.165, 1.54) is 19.3 Å². The van der Waals surface area contributed by atoms with Crippen LogP contribution in [0, 0.1) is 11.8 Å². The molecule has 1 aliphatic carbocycles. The zero-order valence-electron chi connectivity index (χ0n) is 17.8. The number of nitrogens with zero attached hydrogens (tertiary/aromatic N) is 1. The van der Waals surface area contributed by atoms with Gasteiger partial charge in [0.05, 0.1) is 18.2 Å². The molecule has 33 heavy (non-hydrogen) atoms. The van der Waals surface area contributed by atoms with E-state index in [2.05, 4.69) is 0 Å². The molecule has 0 aromatic heterocycles. The Hall–Kier alpha value is -2.00. The molecule has 182 valence electrons. The van der Waals surface area contributed by atoms with Crippen LogP contribution in [-0.4, -0.2) is 36.7 Å². The van der Waals surface area contributed by atoms with Gasteiger partial charge in [0, 0.05) is 24.0 Å². The minimum atomic E-state index is -4.52. The molecule has 1 saturated heterocycles. The summed E-state index contributed by atoms with van der Waals surface area (Å²) in [6.45, 7) is 0.595. The van der Waals surface area contributed by atoms with Crippen molar-refractivity contribution in [3.8, 4) is 0 Å². The monoisotopic (exact) mass is 495 g/mol. The molecule has 1 heterocycles. The van der Waals surface area contributed by atoms with E-state index in [1.54, 1.807) is 0 Å². The Labute approximate surface area is 193 Å². The number of piperidine rings is 1. The standard InChI is InChI=1S/C23H24ClF6NO2/c1-33-21(32)11-14-8-9-31(13-16-12-18(23(28,29)30)6-7-19(16)24)20(10-14)15-2-4-17(5-3-15)22(25,26)27/h2,4-7,12,14-15,20H,3,8-11,13H2,1H3/t14-,15?,20+/m0/s1. The van der Waals surface area contributed by atoms with Crippen LogP contribution in [0.25, 0.3) is 0 Å². The Balaban J connectivity index is 1.83. The van der Waals surface area contributed by atoms with E-state index in [-0.39, 0.29) is 48.3 Å². The number of likely N-dealkylation sites (tertiary alicyclic amines) is 1. The fraction of sp³-hybridized carbons (Fsp3) is 0.522. The largest absolute Gasteiger partial charge is 0.469 e. The van der Waals surface area contributed by atoms with Gasteiger partial charge in [-0.1, -0.05) is 29.8 Å². The minimum Gasteiger partial charge on any atom is -0.469 e. The van der Waals surface area contributed by atoms with E-state index in [1.807, 2.05) is 4.90 Å². The molecule has 0 radical (unpaired) electrons. The highest BCUT2D eigenvalue weighted by Gasteiger charge is 2.38. The number of benzene rings is 1. The molecular formula is C23H24ClF6NO2. The maximum absolute atomic E-state index is 13.2. The number of hydrogen-bond donors (Lipinski definition) is 0. The smallest absolute Gasteiger partial charge is 0.416 e. The van der Waals surface area contributed by atoms with Crippen LogP contribution in [-0.2, 0) is 22.3 Å². The van der Waals surface area contributed by atoms with Crippen LogP contribution in [0.4, 0.5) is 26.3 Å². The molecule has 3 rings (SSSR count). The number of rotatable bonds is 5. The first-order valence-corrected chi connectivity index (χ1v) is 10.9. The molecule has 0 saturated carbocycles. The van der Waals surface area contributed by atoms with Gasteiger partial charge < -0.3 is 4.74 Å². The first-order chi connectivity index (χ1) is 15.4. The number of alkyl halides is 6. The molecule has 3 atom stereocenters. The van der Waals surface area contributed by atoms with Crippen molar-refractivity contribution >= 4 is 17.6 Å². The summed E-state index contributed by atoms with van der Waals surface area (Å²) in [4.78, 5) is 13.7. The Morgan fingerprint density at radius 1 is 1.18 bits per heavy atom. The van der Waals surface area contributed by atoms with Crippen molar-refractivity contribution in [2.45, 2.75) is 50.6 Å². The first-order valence-electron chi connectivity index (χ1n) is 10.5. The van der Waals surface area contributed by atoms with Gasteiger partial charge in [0.15, 0.2) is 0 Å². The van der Waals surface area contributed by atoms with Gasteiger partial charge in [-0.25, -0.2) is 0 Å². The minimum absolute atomic E-state index is 0.0305. The number of allylic oxidation sites excluding steroid dienone is 3. The summed E-state index contributed by atoms with van der Waals surface area (Å²) >= 11 is 6.18. The Morgan fingerprint density at radius 2 is 1.91 bits per heavy atom. The molecule has 1 aromatic carbocycles. The summed E-state index contributed by atoms with van der Waals surface area (Å²) in [6.07, 6.45) is -3.80. The summed E-state index contributed by atoms with van der Waals surface area (Å²) in [5, 5.41) is 0.192. The number of ether oxygens (including phenoxy) is 1. The summed E-state index contributed by atoms with van der Waals surface area (Å²) in [5.41, 5.74) is -1.23. The predicted molar refractivity (Wildman–Crippen MR) is 111 cm³/mol. The number of methoxy groups -OCH3 is 1. The van der Waals surface area contributed by atoms with Crippen LogP contribution in [0.1, 0.15) is 36.8 Å². The predicted octanol–water partition coefficient (Wildman–Crippen LogP) is 6.57. The van der Waals surface area contributed by atoms with E-state index in [9.17, 15) is 31.1 Å². The Bertz CT molecular complexity index is 925. The van der Waals surface area contributed by atoms with Crippen molar-refractivity contribution in [3.63, 3.8) is 0 Å². The third kappa shape index (κ3) is 6.53. The summed E-state index contributed by atoms with van der Waals surface area (Å²) in [6, 6.07) is 2.87. The van der Waals surface area contributed by atoms with Gasteiger partial charge in [0.2, 0.25) is 0 Å². The fourth-order valence-corrected chi connectivity index (χ4v) is 4.67. The van der Waals surface area contributed by atoms with Crippen molar-refractivity contribution in [3.05, 3.63) is 58.1 Å². The second-order valence-corrected chi connectivity index (χ2v) is 8.84. The van der Waals surface area contributed by atoms with E-state index in [4.69, 9.17) is 16.3 Å². The zero-order chi connectivity index (χ0) is 24.4. The van der Waals surface area contributed by atoms with Crippen molar-refractivity contribution in [1.82, 2.24) is 4.90 Å². The SMILES string of the molecule is COC(=O)C[C@H]1CCN(Cc2cc(C(F)(F)F)ccc2Cl)[C@@H](C2C=CC(C(F)(F)F)=CC2)C1. The second kappa shape index (κ2) is 10.1. The average molecular weight is 496 g/mol. The highest BCUT2D eigenvalue weighted by atomic mass is 35.5. The highest BCUT2D eigenvalue weighted by molar-refractivity contribution is 6.31. The van der Waals surface area contributed by atoms with Crippen LogP contribution in [0.2, 0.25) is 5.02 Å². The molecular weight excluding hydrogens is 472 g/mol. The molecule has 1 aromatic rings. The van der Waals surface area contributed by atoms with Gasteiger partial charge in [-0.15, -0.1) is 0 Å². The fourth-order valence-electron chi connectivity index (χ4n) is 4.49. The number of carbonyl (C=O) groups excluding carboxylic acids is 1. The molecule has 1 aliphatic heterocycles. The molecule has 0 bridgehead atoms. The van der Waals surface area contributed by atoms with Gasteiger partial charge in [-0.3, -0.25) is 9.69 Å². The third-order valence-electron chi connectivity index (χ3n) is 6.25. The number of hydrogen-bond acceptors (Lipinski definition) is 3. The van der Waals surface area contributed by atoms with Gasteiger partial charge in [-0.2, -0.15) is 26.3 Å². The van der Waals surface area contributed by atoms with E-state index in [0.29, 0.717) is 24.9 Å². The maximum Gasteiger partial charge on any atom is 0.416 e. The van der Waals surface area contributed by atoms with Gasteiger partial charge in [-0.05, 0) is 61.4 Å². The summed E-state index contributed by atoms with van der Waals surface area (Å²) < 4.78 is 83.3. The number of carbonyl (C=O) groups is 1. The molecule has 0 spiro atoms. The topological polar surface area (TPSA) is 29.5 Å². The van der Waals surface area contributed by atoms with Crippen molar-refractivity contribution in [2.75, 3.05) is 13.7 Å². The number of halogens is 7.